The monoisotopic (exact) mass is 354 g/mol. The van der Waals surface area contributed by atoms with Crippen molar-refractivity contribution in [1.82, 2.24) is 9.55 Å². The number of hydrogen-bond acceptors (Lipinski definition) is 4. The number of aromatic nitrogens is 2. The van der Waals surface area contributed by atoms with Crippen molar-refractivity contribution in [1.29, 1.82) is 0 Å². The highest BCUT2D eigenvalue weighted by Crippen LogP contribution is 2.28. The van der Waals surface area contributed by atoms with Gasteiger partial charge < -0.3 is 0 Å². The summed E-state index contributed by atoms with van der Waals surface area (Å²) in [6.07, 6.45) is 7.46. The Balaban J connectivity index is 2.04. The molecule has 4 rings (SSSR count). The third kappa shape index (κ3) is 2.80. The standard InChI is InChI=1S/C20H22N2O2S/c1-2-16-21-19-17(18(23)14-11-7-8-12-15(14)25-19)20(24)22(16)13-9-5-3-4-6-10-13/h7-8,11-13H,2-6,9-10H2,1H3. The molecule has 0 amide bonds. The molecule has 4 nitrogen and oxygen atoms in total. The van der Waals surface area contributed by atoms with Crippen LogP contribution in [0.5, 0.6) is 0 Å². The molecule has 25 heavy (non-hydrogen) atoms. The molecule has 0 N–H and O–H groups in total. The number of aryl methyl sites for hydroxylation is 1. The van der Waals surface area contributed by atoms with Gasteiger partial charge in [-0.05, 0) is 25.0 Å². The van der Waals surface area contributed by atoms with E-state index in [0.29, 0.717) is 16.6 Å². The average molecular weight is 354 g/mol. The van der Waals surface area contributed by atoms with Crippen LogP contribution in [0, 0.1) is 0 Å². The smallest absolute Gasteiger partial charge is 0.266 e. The van der Waals surface area contributed by atoms with Crippen LogP contribution >= 0.6 is 11.3 Å². The van der Waals surface area contributed by atoms with E-state index in [0.717, 1.165) is 36.2 Å². The van der Waals surface area contributed by atoms with Crippen molar-refractivity contribution >= 4 is 31.6 Å². The molecule has 1 saturated carbocycles. The second-order valence-corrected chi connectivity index (χ2v) is 7.84. The van der Waals surface area contributed by atoms with Crippen LogP contribution in [0.2, 0.25) is 0 Å². The number of nitrogens with zero attached hydrogens (tertiary/aromatic N) is 2. The normalized spacial score (nSPS) is 16.4. The highest BCUT2D eigenvalue weighted by atomic mass is 32.1. The second-order valence-electron chi connectivity index (χ2n) is 6.81. The Bertz CT molecular complexity index is 1040. The molecule has 0 aliphatic heterocycles. The predicted octanol–water partition coefficient (Wildman–Crippen LogP) is 4.43. The van der Waals surface area contributed by atoms with Crippen molar-refractivity contribution in [2.24, 2.45) is 0 Å². The Hall–Kier alpha value is -2.01. The lowest BCUT2D eigenvalue weighted by Gasteiger charge is -2.21. The fourth-order valence-corrected chi connectivity index (χ4v) is 5.01. The molecule has 0 atom stereocenters. The first kappa shape index (κ1) is 16.5. The molecule has 5 heteroatoms. The van der Waals surface area contributed by atoms with Crippen molar-refractivity contribution in [3.05, 3.63) is 50.7 Å². The van der Waals surface area contributed by atoms with Crippen LogP contribution in [0.3, 0.4) is 0 Å². The van der Waals surface area contributed by atoms with Gasteiger partial charge in [-0.2, -0.15) is 0 Å². The lowest BCUT2D eigenvalue weighted by molar-refractivity contribution is 0.416. The molecule has 0 saturated heterocycles. The Morgan fingerprint density at radius 3 is 2.56 bits per heavy atom. The van der Waals surface area contributed by atoms with E-state index < -0.39 is 0 Å². The first-order valence-electron chi connectivity index (χ1n) is 9.17. The lowest BCUT2D eigenvalue weighted by Crippen LogP contribution is -2.31. The van der Waals surface area contributed by atoms with Gasteiger partial charge >= 0.3 is 0 Å². The van der Waals surface area contributed by atoms with Crippen LogP contribution in [-0.2, 0) is 6.42 Å². The van der Waals surface area contributed by atoms with E-state index in [-0.39, 0.29) is 22.4 Å². The number of fused-ring (bicyclic) bond motifs is 2. The van der Waals surface area contributed by atoms with Gasteiger partial charge in [0.05, 0.1) is 0 Å². The molecule has 130 valence electrons. The predicted molar refractivity (Wildman–Crippen MR) is 104 cm³/mol. The number of rotatable bonds is 2. The van der Waals surface area contributed by atoms with Crippen LogP contribution in [0.25, 0.3) is 20.3 Å². The molecule has 2 aromatic heterocycles. The third-order valence-corrected chi connectivity index (χ3v) is 6.29. The van der Waals surface area contributed by atoms with Crippen molar-refractivity contribution < 1.29 is 0 Å². The fourth-order valence-electron chi connectivity index (χ4n) is 3.95. The summed E-state index contributed by atoms with van der Waals surface area (Å²) < 4.78 is 2.73. The van der Waals surface area contributed by atoms with Crippen molar-refractivity contribution in [2.45, 2.75) is 57.9 Å². The summed E-state index contributed by atoms with van der Waals surface area (Å²) >= 11 is 1.44. The van der Waals surface area contributed by atoms with Crippen molar-refractivity contribution in [3.63, 3.8) is 0 Å². The van der Waals surface area contributed by atoms with Crippen LogP contribution in [0.1, 0.15) is 57.3 Å². The molecule has 1 aromatic carbocycles. The van der Waals surface area contributed by atoms with Gasteiger partial charge in [0.15, 0.2) is 0 Å². The van der Waals surface area contributed by atoms with E-state index in [1.54, 1.807) is 6.07 Å². The zero-order chi connectivity index (χ0) is 17.4. The summed E-state index contributed by atoms with van der Waals surface area (Å²) in [6, 6.07) is 7.66. The molecule has 0 bridgehead atoms. The van der Waals surface area contributed by atoms with E-state index >= 15 is 0 Å². The van der Waals surface area contributed by atoms with Gasteiger partial charge in [-0.25, -0.2) is 4.98 Å². The van der Waals surface area contributed by atoms with E-state index in [1.807, 2.05) is 29.7 Å². The minimum atomic E-state index is -0.174. The van der Waals surface area contributed by atoms with E-state index in [2.05, 4.69) is 0 Å². The van der Waals surface area contributed by atoms with E-state index in [4.69, 9.17) is 4.98 Å². The first-order chi connectivity index (χ1) is 12.2. The van der Waals surface area contributed by atoms with Gasteiger partial charge in [0, 0.05) is 22.5 Å². The highest BCUT2D eigenvalue weighted by molar-refractivity contribution is 7.24. The Kier molecular flexibility index (Phi) is 4.42. The van der Waals surface area contributed by atoms with Gasteiger partial charge in [0.25, 0.3) is 5.56 Å². The molecular weight excluding hydrogens is 332 g/mol. The Labute approximate surface area is 150 Å². The van der Waals surface area contributed by atoms with Crippen LogP contribution in [-0.4, -0.2) is 9.55 Å². The number of hydrogen-bond donors (Lipinski definition) is 0. The Morgan fingerprint density at radius 1 is 1.12 bits per heavy atom. The maximum absolute atomic E-state index is 13.3. The molecule has 1 fully saturated rings. The summed E-state index contributed by atoms with van der Waals surface area (Å²) in [5.41, 5.74) is -0.312. The van der Waals surface area contributed by atoms with Gasteiger partial charge in [-0.1, -0.05) is 44.7 Å². The van der Waals surface area contributed by atoms with Gasteiger partial charge in [0.2, 0.25) is 5.43 Å². The van der Waals surface area contributed by atoms with Crippen molar-refractivity contribution in [3.8, 4) is 0 Å². The summed E-state index contributed by atoms with van der Waals surface area (Å²) in [7, 11) is 0. The van der Waals surface area contributed by atoms with Crippen LogP contribution < -0.4 is 11.0 Å². The molecule has 2 heterocycles. The maximum Gasteiger partial charge on any atom is 0.266 e. The van der Waals surface area contributed by atoms with Gasteiger partial charge in [-0.15, -0.1) is 11.3 Å². The molecule has 0 spiro atoms. The summed E-state index contributed by atoms with van der Waals surface area (Å²) in [4.78, 5) is 31.6. The molecule has 0 unspecified atom stereocenters. The van der Waals surface area contributed by atoms with Gasteiger partial charge in [-0.3, -0.25) is 14.2 Å². The van der Waals surface area contributed by atoms with Crippen LogP contribution in [0.4, 0.5) is 0 Å². The first-order valence-corrected chi connectivity index (χ1v) is 9.99. The number of benzene rings is 1. The summed E-state index contributed by atoms with van der Waals surface area (Å²) in [6.45, 7) is 2.03. The minimum absolute atomic E-state index is 0.138. The minimum Gasteiger partial charge on any atom is -0.293 e. The second kappa shape index (κ2) is 6.71. The molecule has 0 radical (unpaired) electrons. The quantitative estimate of drug-likeness (QED) is 0.505. The summed E-state index contributed by atoms with van der Waals surface area (Å²) in [5.74, 6) is 0.815. The molecule has 1 aliphatic carbocycles. The third-order valence-electron chi connectivity index (χ3n) is 5.23. The molecular formula is C20H22N2O2S. The maximum atomic E-state index is 13.3. The fraction of sp³-hybridized carbons (Fsp3) is 0.450. The SMILES string of the molecule is CCc1nc2sc3ccccc3c(=O)c2c(=O)n1C1CCCCCC1. The van der Waals surface area contributed by atoms with Crippen molar-refractivity contribution in [2.75, 3.05) is 0 Å². The molecule has 3 aromatic rings. The van der Waals surface area contributed by atoms with E-state index in [9.17, 15) is 9.59 Å². The lowest BCUT2D eigenvalue weighted by atomic mass is 10.1. The van der Waals surface area contributed by atoms with Crippen LogP contribution in [0.15, 0.2) is 33.9 Å². The molecule has 1 aliphatic rings. The average Bonchev–Trinajstić information content (AvgIpc) is 2.90. The topological polar surface area (TPSA) is 52.0 Å². The Morgan fingerprint density at radius 2 is 1.84 bits per heavy atom. The van der Waals surface area contributed by atoms with E-state index in [1.165, 1.54) is 24.2 Å². The largest absolute Gasteiger partial charge is 0.293 e. The zero-order valence-corrected chi connectivity index (χ0v) is 15.3. The summed E-state index contributed by atoms with van der Waals surface area (Å²) in [5, 5.41) is 0.890. The highest BCUT2D eigenvalue weighted by Gasteiger charge is 2.22. The zero-order valence-electron chi connectivity index (χ0n) is 14.5. The van der Waals surface area contributed by atoms with Gasteiger partial charge in [0.1, 0.15) is 16.0 Å².